The van der Waals surface area contributed by atoms with Crippen molar-refractivity contribution in [3.05, 3.63) is 60.4 Å². The van der Waals surface area contributed by atoms with Crippen molar-refractivity contribution in [3.8, 4) is 11.3 Å². The van der Waals surface area contributed by atoms with Crippen LogP contribution in [0.25, 0.3) is 16.9 Å². The van der Waals surface area contributed by atoms with Crippen LogP contribution < -0.4 is 5.32 Å². The molecule has 0 bridgehead atoms. The van der Waals surface area contributed by atoms with Crippen LogP contribution in [0.1, 0.15) is 16.8 Å². The van der Waals surface area contributed by atoms with E-state index in [0.717, 1.165) is 61.7 Å². The fourth-order valence-corrected chi connectivity index (χ4v) is 4.29. The third-order valence-corrected chi connectivity index (χ3v) is 5.92. The number of aromatic nitrogens is 2. The molecular formula is C22H25N5O. The zero-order valence-corrected chi connectivity index (χ0v) is 15.9. The minimum Gasteiger partial charge on any atom is -0.336 e. The molecule has 1 amide bonds. The number of hydrogen-bond acceptors (Lipinski definition) is 4. The van der Waals surface area contributed by atoms with Crippen molar-refractivity contribution in [3.63, 3.8) is 0 Å². The monoisotopic (exact) mass is 375 g/mol. The Morgan fingerprint density at radius 1 is 1.00 bits per heavy atom. The molecule has 1 atom stereocenters. The second-order valence-electron chi connectivity index (χ2n) is 7.65. The highest BCUT2D eigenvalue weighted by Gasteiger charge is 2.28. The first kappa shape index (κ1) is 17.4. The molecule has 144 valence electrons. The minimum absolute atomic E-state index is 0.112. The highest BCUT2D eigenvalue weighted by molar-refractivity contribution is 5.94. The van der Waals surface area contributed by atoms with E-state index in [1.165, 1.54) is 6.42 Å². The molecule has 2 aliphatic rings. The number of carbonyl (C=O) groups is 1. The van der Waals surface area contributed by atoms with E-state index in [0.29, 0.717) is 6.04 Å². The van der Waals surface area contributed by atoms with Gasteiger partial charge in [0.2, 0.25) is 0 Å². The van der Waals surface area contributed by atoms with E-state index in [9.17, 15) is 4.79 Å². The number of rotatable bonds is 3. The molecular weight excluding hydrogens is 350 g/mol. The highest BCUT2D eigenvalue weighted by Crippen LogP contribution is 2.20. The molecule has 0 spiro atoms. The third-order valence-electron chi connectivity index (χ3n) is 5.92. The van der Waals surface area contributed by atoms with Crippen molar-refractivity contribution in [1.29, 1.82) is 0 Å². The predicted octanol–water partition coefficient (Wildman–Crippen LogP) is 2.12. The van der Waals surface area contributed by atoms with Crippen molar-refractivity contribution >= 4 is 11.6 Å². The van der Waals surface area contributed by atoms with Crippen LogP contribution in [-0.2, 0) is 0 Å². The fourth-order valence-electron chi connectivity index (χ4n) is 4.29. The van der Waals surface area contributed by atoms with Crippen molar-refractivity contribution in [2.24, 2.45) is 0 Å². The number of fused-ring (bicyclic) bond motifs is 1. The Balaban J connectivity index is 1.31. The molecule has 5 rings (SSSR count). The van der Waals surface area contributed by atoms with Crippen LogP contribution in [0.15, 0.2) is 54.9 Å². The number of imidazole rings is 1. The van der Waals surface area contributed by atoms with Crippen molar-refractivity contribution in [1.82, 2.24) is 24.5 Å². The summed E-state index contributed by atoms with van der Waals surface area (Å²) < 4.78 is 1.95. The summed E-state index contributed by atoms with van der Waals surface area (Å²) in [5.41, 5.74) is 3.58. The molecule has 3 aromatic rings. The number of amides is 1. The molecule has 2 fully saturated rings. The van der Waals surface area contributed by atoms with Crippen molar-refractivity contribution in [2.45, 2.75) is 12.5 Å². The molecule has 6 nitrogen and oxygen atoms in total. The number of hydrogen-bond donors (Lipinski definition) is 1. The number of carbonyl (C=O) groups excluding carboxylic acids is 1. The average molecular weight is 375 g/mol. The molecule has 1 N–H and O–H groups in total. The smallest absolute Gasteiger partial charge is 0.255 e. The lowest BCUT2D eigenvalue weighted by molar-refractivity contribution is 0.0583. The molecule has 0 unspecified atom stereocenters. The second-order valence-corrected chi connectivity index (χ2v) is 7.65. The number of pyridine rings is 1. The second kappa shape index (κ2) is 7.37. The first-order valence-electron chi connectivity index (χ1n) is 10.1. The van der Waals surface area contributed by atoms with Gasteiger partial charge in [-0.3, -0.25) is 9.69 Å². The number of benzene rings is 1. The van der Waals surface area contributed by atoms with Crippen molar-refractivity contribution < 1.29 is 4.79 Å². The molecule has 6 heteroatoms. The maximum Gasteiger partial charge on any atom is 0.255 e. The van der Waals surface area contributed by atoms with Gasteiger partial charge in [0.1, 0.15) is 5.65 Å². The van der Waals surface area contributed by atoms with E-state index in [2.05, 4.69) is 15.2 Å². The van der Waals surface area contributed by atoms with Crippen LogP contribution >= 0.6 is 0 Å². The quantitative estimate of drug-likeness (QED) is 0.762. The Labute approximate surface area is 164 Å². The van der Waals surface area contributed by atoms with E-state index < -0.39 is 0 Å². The summed E-state index contributed by atoms with van der Waals surface area (Å²) >= 11 is 0. The van der Waals surface area contributed by atoms with E-state index in [-0.39, 0.29) is 5.91 Å². The van der Waals surface area contributed by atoms with Gasteiger partial charge in [-0.1, -0.05) is 30.3 Å². The summed E-state index contributed by atoms with van der Waals surface area (Å²) in [7, 11) is 0. The Kier molecular flexibility index (Phi) is 4.58. The molecule has 0 radical (unpaired) electrons. The van der Waals surface area contributed by atoms with E-state index >= 15 is 0 Å². The SMILES string of the molecule is O=C(c1ccc2nc(-c3ccccc3)cn2c1)N1CCN([C@@H]2CCNC2)CC1. The molecule has 0 saturated carbocycles. The van der Waals surface area contributed by atoms with E-state index in [4.69, 9.17) is 0 Å². The first-order chi connectivity index (χ1) is 13.8. The molecule has 2 saturated heterocycles. The lowest BCUT2D eigenvalue weighted by atomic mass is 10.1. The van der Waals surface area contributed by atoms with Crippen LogP contribution in [0.2, 0.25) is 0 Å². The van der Waals surface area contributed by atoms with Gasteiger partial charge in [-0.15, -0.1) is 0 Å². The van der Waals surface area contributed by atoms with Gasteiger partial charge in [-0.05, 0) is 25.1 Å². The third kappa shape index (κ3) is 3.30. The molecule has 4 heterocycles. The Bertz CT molecular complexity index is 969. The van der Waals surface area contributed by atoms with Gasteiger partial charge in [0.15, 0.2) is 0 Å². The van der Waals surface area contributed by atoms with Gasteiger partial charge >= 0.3 is 0 Å². The van der Waals surface area contributed by atoms with Crippen LogP contribution in [0.3, 0.4) is 0 Å². The molecule has 2 aliphatic heterocycles. The number of piperazine rings is 1. The summed E-state index contributed by atoms with van der Waals surface area (Å²) in [5, 5.41) is 3.43. The van der Waals surface area contributed by atoms with Gasteiger partial charge in [-0.2, -0.15) is 0 Å². The van der Waals surface area contributed by atoms with Crippen LogP contribution in [0.4, 0.5) is 0 Å². The van der Waals surface area contributed by atoms with Gasteiger partial charge in [0.05, 0.1) is 11.3 Å². The summed E-state index contributed by atoms with van der Waals surface area (Å²) in [6.07, 6.45) is 5.12. The Morgan fingerprint density at radius 3 is 2.57 bits per heavy atom. The van der Waals surface area contributed by atoms with Gasteiger partial charge < -0.3 is 14.6 Å². The highest BCUT2D eigenvalue weighted by atomic mass is 16.2. The normalized spacial score (nSPS) is 20.7. The maximum atomic E-state index is 13.0. The van der Waals surface area contributed by atoms with Gasteiger partial charge in [0, 0.05) is 56.7 Å². The largest absolute Gasteiger partial charge is 0.336 e. The standard InChI is InChI=1S/C22H25N5O/c28-22(26-12-10-25(11-13-26)19-8-9-23-14-19)18-6-7-21-24-20(16-27(21)15-18)17-4-2-1-3-5-17/h1-7,15-16,19,23H,8-14H2/t19-/m1/s1. The fraction of sp³-hybridized carbons (Fsp3) is 0.364. The Hall–Kier alpha value is -2.70. The molecule has 1 aromatic carbocycles. The van der Waals surface area contributed by atoms with E-state index in [1.807, 2.05) is 64.2 Å². The molecule has 28 heavy (non-hydrogen) atoms. The number of nitrogens with one attached hydrogen (secondary N) is 1. The van der Waals surface area contributed by atoms with E-state index in [1.54, 1.807) is 0 Å². The van der Waals surface area contributed by atoms with Crippen LogP contribution in [-0.4, -0.2) is 70.4 Å². The molecule has 2 aromatic heterocycles. The molecule has 0 aliphatic carbocycles. The lowest BCUT2D eigenvalue weighted by Crippen LogP contribution is -2.52. The zero-order valence-electron chi connectivity index (χ0n) is 15.9. The van der Waals surface area contributed by atoms with Gasteiger partial charge in [-0.25, -0.2) is 4.98 Å². The van der Waals surface area contributed by atoms with Crippen molar-refractivity contribution in [2.75, 3.05) is 39.3 Å². The summed E-state index contributed by atoms with van der Waals surface area (Å²) in [6, 6.07) is 14.6. The minimum atomic E-state index is 0.112. The maximum absolute atomic E-state index is 13.0. The summed E-state index contributed by atoms with van der Waals surface area (Å²) in [6.45, 7) is 5.71. The average Bonchev–Trinajstić information content (AvgIpc) is 3.43. The Morgan fingerprint density at radius 2 is 1.82 bits per heavy atom. The first-order valence-corrected chi connectivity index (χ1v) is 10.1. The van der Waals surface area contributed by atoms with Crippen LogP contribution in [0.5, 0.6) is 0 Å². The summed E-state index contributed by atoms with van der Waals surface area (Å²) in [4.78, 5) is 22.2. The topological polar surface area (TPSA) is 52.9 Å². The van der Waals surface area contributed by atoms with Gasteiger partial charge in [0.25, 0.3) is 5.91 Å². The summed E-state index contributed by atoms with van der Waals surface area (Å²) in [5.74, 6) is 0.112. The predicted molar refractivity (Wildman–Crippen MR) is 109 cm³/mol. The van der Waals surface area contributed by atoms with Crippen LogP contribution in [0, 0.1) is 0 Å². The number of nitrogens with zero attached hydrogens (tertiary/aromatic N) is 4. The lowest BCUT2D eigenvalue weighted by Gasteiger charge is -2.37. The zero-order chi connectivity index (χ0) is 18.9.